The molecule has 0 radical (unpaired) electrons. The van der Waals surface area contributed by atoms with E-state index in [1.165, 1.54) is 12.8 Å². The number of nitrogens with two attached hydrogens (primary N) is 1. The van der Waals surface area contributed by atoms with Crippen molar-refractivity contribution in [3.8, 4) is 5.75 Å². The third-order valence-corrected chi connectivity index (χ3v) is 5.86. The molecule has 114 valence electrons. The predicted octanol–water partition coefficient (Wildman–Crippen LogP) is 2.92. The van der Waals surface area contributed by atoms with Crippen molar-refractivity contribution in [3.63, 3.8) is 0 Å². The zero-order valence-corrected chi connectivity index (χ0v) is 12.9. The zero-order chi connectivity index (χ0) is 15.4. The molecular formula is C17H24N2O2. The maximum Gasteiger partial charge on any atom is 0.255 e. The van der Waals surface area contributed by atoms with E-state index in [0.29, 0.717) is 5.92 Å². The highest BCUT2D eigenvalue weighted by Crippen LogP contribution is 2.62. The minimum absolute atomic E-state index is 0.0958. The number of aromatic hydroxyl groups is 1. The molecule has 2 aliphatic carbocycles. The Labute approximate surface area is 125 Å². The van der Waals surface area contributed by atoms with Crippen LogP contribution in [0.2, 0.25) is 0 Å². The topological polar surface area (TPSA) is 75.4 Å². The van der Waals surface area contributed by atoms with Gasteiger partial charge >= 0.3 is 0 Å². The maximum absolute atomic E-state index is 12.6. The van der Waals surface area contributed by atoms with Gasteiger partial charge in [0.1, 0.15) is 0 Å². The molecule has 3 rings (SSSR count). The van der Waals surface area contributed by atoms with Gasteiger partial charge in [0.25, 0.3) is 5.91 Å². The van der Waals surface area contributed by atoms with E-state index in [1.807, 2.05) is 0 Å². The number of phenolic OH excluding ortho intramolecular Hbond substituents is 1. The Bertz CT molecular complexity index is 592. The smallest absolute Gasteiger partial charge is 0.255 e. The summed E-state index contributed by atoms with van der Waals surface area (Å²) < 4.78 is 0. The van der Waals surface area contributed by atoms with E-state index in [1.54, 1.807) is 18.2 Å². The average Bonchev–Trinajstić information content (AvgIpc) is 2.89. The van der Waals surface area contributed by atoms with Crippen molar-refractivity contribution in [1.82, 2.24) is 5.32 Å². The van der Waals surface area contributed by atoms with E-state index in [4.69, 9.17) is 5.73 Å². The SMILES string of the molecule is CC12CCC(C1)C(C)(C)C2NC(=O)c1cccc(N)c1O. The monoisotopic (exact) mass is 288 g/mol. The second-order valence-corrected chi connectivity index (χ2v) is 7.57. The van der Waals surface area contributed by atoms with Crippen LogP contribution in [0, 0.1) is 16.7 Å². The lowest BCUT2D eigenvalue weighted by Gasteiger charge is -2.43. The molecule has 0 saturated heterocycles. The van der Waals surface area contributed by atoms with Gasteiger partial charge in [0, 0.05) is 6.04 Å². The highest BCUT2D eigenvalue weighted by molar-refractivity contribution is 5.98. The van der Waals surface area contributed by atoms with E-state index >= 15 is 0 Å². The van der Waals surface area contributed by atoms with Crippen molar-refractivity contribution < 1.29 is 9.90 Å². The largest absolute Gasteiger partial charge is 0.505 e. The summed E-state index contributed by atoms with van der Waals surface area (Å²) in [5, 5.41) is 13.2. The second-order valence-electron chi connectivity index (χ2n) is 7.57. The van der Waals surface area contributed by atoms with Crippen LogP contribution in [0.1, 0.15) is 50.4 Å². The van der Waals surface area contributed by atoms with Gasteiger partial charge in [0.15, 0.2) is 5.75 Å². The molecule has 4 N–H and O–H groups in total. The first kappa shape index (κ1) is 14.2. The molecule has 1 aromatic rings. The van der Waals surface area contributed by atoms with Crippen LogP contribution in [0.5, 0.6) is 5.75 Å². The lowest BCUT2D eigenvalue weighted by molar-refractivity contribution is 0.0735. The molecule has 0 heterocycles. The van der Waals surface area contributed by atoms with E-state index in [0.717, 1.165) is 6.42 Å². The molecule has 4 nitrogen and oxygen atoms in total. The fraction of sp³-hybridized carbons (Fsp3) is 0.588. The molecule has 3 atom stereocenters. The zero-order valence-electron chi connectivity index (χ0n) is 12.9. The summed E-state index contributed by atoms with van der Waals surface area (Å²) in [5.41, 5.74) is 6.44. The van der Waals surface area contributed by atoms with Gasteiger partial charge in [-0.05, 0) is 48.1 Å². The average molecular weight is 288 g/mol. The van der Waals surface area contributed by atoms with E-state index in [-0.39, 0.29) is 39.8 Å². The second kappa shape index (κ2) is 4.39. The molecule has 2 bridgehead atoms. The first-order chi connectivity index (χ1) is 9.75. The van der Waals surface area contributed by atoms with Crippen LogP contribution >= 0.6 is 0 Å². The van der Waals surface area contributed by atoms with Crippen LogP contribution in [-0.2, 0) is 0 Å². The summed E-state index contributed by atoms with van der Waals surface area (Å²) in [6.45, 7) is 6.75. The number of rotatable bonds is 2. The molecule has 3 unspecified atom stereocenters. The number of nitrogen functional groups attached to an aromatic ring is 1. The van der Waals surface area contributed by atoms with Gasteiger partial charge in [0.2, 0.25) is 0 Å². The number of carbonyl (C=O) groups is 1. The first-order valence-corrected chi connectivity index (χ1v) is 7.64. The lowest BCUT2D eigenvalue weighted by atomic mass is 9.68. The normalized spacial score (nSPS) is 33.1. The number of fused-ring (bicyclic) bond motifs is 2. The molecule has 21 heavy (non-hydrogen) atoms. The van der Waals surface area contributed by atoms with Crippen LogP contribution in [0.15, 0.2) is 18.2 Å². The van der Waals surface area contributed by atoms with Gasteiger partial charge in [-0.2, -0.15) is 0 Å². The minimum atomic E-state index is -0.230. The van der Waals surface area contributed by atoms with Crippen molar-refractivity contribution in [2.45, 2.75) is 46.1 Å². The summed E-state index contributed by atoms with van der Waals surface area (Å²) in [7, 11) is 0. The van der Waals surface area contributed by atoms with Crippen molar-refractivity contribution in [2.24, 2.45) is 16.7 Å². The fourth-order valence-corrected chi connectivity index (χ4v) is 4.62. The van der Waals surface area contributed by atoms with Gasteiger partial charge in [0.05, 0.1) is 11.3 Å². The Morgan fingerprint density at radius 3 is 2.71 bits per heavy atom. The summed E-state index contributed by atoms with van der Waals surface area (Å²) in [5.74, 6) is 0.315. The molecule has 1 aromatic carbocycles. The van der Waals surface area contributed by atoms with Crippen molar-refractivity contribution >= 4 is 11.6 Å². The quantitative estimate of drug-likeness (QED) is 0.578. The van der Waals surface area contributed by atoms with Gasteiger partial charge in [-0.15, -0.1) is 0 Å². The number of hydrogen-bond acceptors (Lipinski definition) is 3. The van der Waals surface area contributed by atoms with Gasteiger partial charge < -0.3 is 16.2 Å². The number of benzene rings is 1. The Hall–Kier alpha value is -1.71. The third kappa shape index (κ3) is 2.00. The first-order valence-electron chi connectivity index (χ1n) is 7.64. The number of amides is 1. The van der Waals surface area contributed by atoms with Crippen LogP contribution in [0.3, 0.4) is 0 Å². The highest BCUT2D eigenvalue weighted by atomic mass is 16.3. The molecule has 0 spiro atoms. The molecule has 0 aromatic heterocycles. The third-order valence-electron chi connectivity index (χ3n) is 5.86. The molecule has 0 aliphatic heterocycles. The molecule has 2 saturated carbocycles. The molecular weight excluding hydrogens is 264 g/mol. The van der Waals surface area contributed by atoms with Crippen LogP contribution < -0.4 is 11.1 Å². The highest BCUT2D eigenvalue weighted by Gasteiger charge is 2.59. The Morgan fingerprint density at radius 1 is 1.38 bits per heavy atom. The minimum Gasteiger partial charge on any atom is -0.505 e. The summed E-state index contributed by atoms with van der Waals surface area (Å²) in [6, 6.07) is 5.04. The Kier molecular flexibility index (Phi) is 2.98. The van der Waals surface area contributed by atoms with Gasteiger partial charge in [-0.1, -0.05) is 26.8 Å². The van der Waals surface area contributed by atoms with Crippen molar-refractivity contribution in [1.29, 1.82) is 0 Å². The van der Waals surface area contributed by atoms with Crippen molar-refractivity contribution in [3.05, 3.63) is 23.8 Å². The van der Waals surface area contributed by atoms with Crippen molar-refractivity contribution in [2.75, 3.05) is 5.73 Å². The van der Waals surface area contributed by atoms with E-state index < -0.39 is 0 Å². The van der Waals surface area contributed by atoms with Gasteiger partial charge in [-0.25, -0.2) is 0 Å². The summed E-state index contributed by atoms with van der Waals surface area (Å²) in [6.07, 6.45) is 3.59. The molecule has 2 fully saturated rings. The molecule has 4 heteroatoms. The van der Waals surface area contributed by atoms with Crippen LogP contribution in [-0.4, -0.2) is 17.1 Å². The molecule has 1 amide bonds. The Morgan fingerprint density at radius 2 is 2.10 bits per heavy atom. The van der Waals surface area contributed by atoms with E-state index in [9.17, 15) is 9.90 Å². The number of phenols is 1. The van der Waals surface area contributed by atoms with Gasteiger partial charge in [-0.3, -0.25) is 4.79 Å². The summed E-state index contributed by atoms with van der Waals surface area (Å²) in [4.78, 5) is 12.6. The Balaban J connectivity index is 1.87. The summed E-state index contributed by atoms with van der Waals surface area (Å²) >= 11 is 0. The number of para-hydroxylation sites is 1. The lowest BCUT2D eigenvalue weighted by Crippen LogP contribution is -2.52. The number of hydrogen-bond donors (Lipinski definition) is 3. The molecule has 2 aliphatic rings. The van der Waals surface area contributed by atoms with E-state index in [2.05, 4.69) is 26.1 Å². The number of anilines is 1. The fourth-order valence-electron chi connectivity index (χ4n) is 4.62. The maximum atomic E-state index is 12.6. The van der Waals surface area contributed by atoms with Crippen LogP contribution in [0.4, 0.5) is 5.69 Å². The standard InChI is InChI=1S/C17H24N2O2/c1-16(2)10-7-8-17(3,9-10)15(16)19-14(21)11-5-4-6-12(18)13(11)20/h4-6,10,15,20H,7-9,18H2,1-3H3,(H,19,21). The van der Waals surface area contributed by atoms with Crippen LogP contribution in [0.25, 0.3) is 0 Å². The number of carbonyl (C=O) groups excluding carboxylic acids is 1. The number of nitrogens with one attached hydrogen (secondary N) is 1. The predicted molar refractivity (Wildman–Crippen MR) is 83.0 cm³/mol.